The molecule has 1 atom stereocenters. The van der Waals surface area contributed by atoms with Crippen molar-refractivity contribution >= 4 is 19.7 Å². The third-order valence-corrected chi connectivity index (χ3v) is 1.57. The van der Waals surface area contributed by atoms with Gasteiger partial charge in [-0.3, -0.25) is 9.32 Å². The SMILES string of the molecule is CC(=O)N[C@@H](COP(=O)(O)O)C(=O)O. The van der Waals surface area contributed by atoms with Gasteiger partial charge in [-0.1, -0.05) is 0 Å². The Morgan fingerprint density at radius 1 is 1.50 bits per heavy atom. The molecule has 0 saturated carbocycles. The second-order valence-electron chi connectivity index (χ2n) is 2.38. The summed E-state index contributed by atoms with van der Waals surface area (Å²) in [6, 6.07) is -1.47. The molecule has 0 aliphatic carbocycles. The maximum atomic E-state index is 10.5. The van der Waals surface area contributed by atoms with Gasteiger partial charge in [0.05, 0.1) is 6.61 Å². The van der Waals surface area contributed by atoms with Crippen molar-refractivity contribution in [2.75, 3.05) is 6.61 Å². The molecule has 0 radical (unpaired) electrons. The fraction of sp³-hybridized carbons (Fsp3) is 0.600. The molecule has 0 rings (SSSR count). The van der Waals surface area contributed by atoms with E-state index in [0.29, 0.717) is 0 Å². The average molecular weight is 227 g/mol. The number of phosphoric acid groups is 1. The van der Waals surface area contributed by atoms with Crippen LogP contribution in [0.3, 0.4) is 0 Å². The van der Waals surface area contributed by atoms with Gasteiger partial charge in [-0.05, 0) is 0 Å². The molecule has 0 saturated heterocycles. The van der Waals surface area contributed by atoms with E-state index in [1.165, 1.54) is 0 Å². The zero-order valence-corrected chi connectivity index (χ0v) is 8.10. The summed E-state index contributed by atoms with van der Waals surface area (Å²) in [7, 11) is -4.72. The molecule has 9 heteroatoms. The Labute approximate surface area is 79.1 Å². The van der Waals surface area contributed by atoms with Crippen LogP contribution in [0.4, 0.5) is 0 Å². The predicted octanol–water partition coefficient (Wildman–Crippen LogP) is -1.32. The predicted molar refractivity (Wildman–Crippen MR) is 43.2 cm³/mol. The summed E-state index contributed by atoms with van der Waals surface area (Å²) in [5, 5.41) is 10.4. The molecule has 0 bridgehead atoms. The Bertz CT molecular complexity index is 271. The monoisotopic (exact) mass is 227 g/mol. The van der Waals surface area contributed by atoms with Crippen LogP contribution in [-0.4, -0.2) is 39.4 Å². The number of carbonyl (C=O) groups is 2. The molecule has 14 heavy (non-hydrogen) atoms. The first-order valence-electron chi connectivity index (χ1n) is 3.42. The van der Waals surface area contributed by atoms with Gasteiger partial charge in [0.15, 0.2) is 6.04 Å². The number of nitrogens with one attached hydrogen (secondary N) is 1. The van der Waals surface area contributed by atoms with Crippen molar-refractivity contribution < 1.29 is 33.6 Å². The molecule has 1 amide bonds. The van der Waals surface area contributed by atoms with Gasteiger partial charge < -0.3 is 20.2 Å². The van der Waals surface area contributed by atoms with Crippen LogP contribution in [0.5, 0.6) is 0 Å². The van der Waals surface area contributed by atoms with E-state index in [9.17, 15) is 14.2 Å². The van der Waals surface area contributed by atoms with Crippen LogP contribution >= 0.6 is 7.82 Å². The second-order valence-corrected chi connectivity index (χ2v) is 3.62. The Morgan fingerprint density at radius 2 is 2.00 bits per heavy atom. The van der Waals surface area contributed by atoms with Crippen LogP contribution < -0.4 is 5.32 Å². The minimum Gasteiger partial charge on any atom is -0.480 e. The molecule has 0 unspecified atom stereocenters. The molecule has 0 heterocycles. The van der Waals surface area contributed by atoms with Crippen molar-refractivity contribution in [2.24, 2.45) is 0 Å². The van der Waals surface area contributed by atoms with Crippen LogP contribution in [0.15, 0.2) is 0 Å². The summed E-state index contributed by atoms with van der Waals surface area (Å²) in [6.07, 6.45) is 0. The number of amides is 1. The third kappa shape index (κ3) is 6.55. The topological polar surface area (TPSA) is 133 Å². The van der Waals surface area contributed by atoms with Crippen molar-refractivity contribution in [1.82, 2.24) is 5.32 Å². The van der Waals surface area contributed by atoms with E-state index >= 15 is 0 Å². The molecule has 82 valence electrons. The molecule has 4 N–H and O–H groups in total. The molecule has 0 aliphatic heterocycles. The fourth-order valence-corrected chi connectivity index (χ4v) is 0.935. The number of carboxylic acids is 1. The van der Waals surface area contributed by atoms with E-state index in [0.717, 1.165) is 6.92 Å². The minimum atomic E-state index is -4.72. The Hall–Kier alpha value is -0.950. The van der Waals surface area contributed by atoms with E-state index in [-0.39, 0.29) is 0 Å². The molecular formula is C5H10NO7P. The lowest BCUT2D eigenvalue weighted by Gasteiger charge is -2.13. The van der Waals surface area contributed by atoms with Crippen LogP contribution in [0.2, 0.25) is 0 Å². The van der Waals surface area contributed by atoms with Gasteiger partial charge in [0.2, 0.25) is 5.91 Å². The smallest absolute Gasteiger partial charge is 0.469 e. The second kappa shape index (κ2) is 5.06. The standard InChI is InChI=1S/C5H10NO7P/c1-3(7)6-4(5(8)9)2-13-14(10,11)12/h4H,2H2,1H3,(H,6,7)(H,8,9)(H2,10,11,12)/t4-/m0/s1. The zero-order valence-electron chi connectivity index (χ0n) is 7.21. The molecule has 0 aromatic carbocycles. The summed E-state index contributed by atoms with van der Waals surface area (Å²) < 4.78 is 14.1. The Kier molecular flexibility index (Phi) is 4.72. The molecule has 8 nitrogen and oxygen atoms in total. The summed E-state index contributed by atoms with van der Waals surface area (Å²) in [5.41, 5.74) is 0. The highest BCUT2D eigenvalue weighted by Crippen LogP contribution is 2.35. The largest absolute Gasteiger partial charge is 0.480 e. The van der Waals surface area contributed by atoms with E-state index in [1.807, 2.05) is 5.32 Å². The van der Waals surface area contributed by atoms with Gasteiger partial charge in [0, 0.05) is 6.92 Å². The number of carbonyl (C=O) groups excluding carboxylic acids is 1. The number of hydrogen-bond acceptors (Lipinski definition) is 4. The number of carboxylic acid groups (broad SMARTS) is 1. The number of hydrogen-bond donors (Lipinski definition) is 4. The number of phosphoric ester groups is 1. The maximum Gasteiger partial charge on any atom is 0.469 e. The van der Waals surface area contributed by atoms with Gasteiger partial charge in [0.1, 0.15) is 0 Å². The molecular weight excluding hydrogens is 217 g/mol. The van der Waals surface area contributed by atoms with Crippen molar-refractivity contribution in [1.29, 1.82) is 0 Å². The van der Waals surface area contributed by atoms with Crippen LogP contribution in [0.25, 0.3) is 0 Å². The number of aliphatic carboxylic acids is 1. The Balaban J connectivity index is 4.18. The average Bonchev–Trinajstić information content (AvgIpc) is 1.94. The van der Waals surface area contributed by atoms with Gasteiger partial charge in [0.25, 0.3) is 0 Å². The number of rotatable bonds is 5. The summed E-state index contributed by atoms with van der Waals surface area (Å²) >= 11 is 0. The molecule has 0 aromatic heterocycles. The maximum absolute atomic E-state index is 10.5. The van der Waals surface area contributed by atoms with Crippen LogP contribution in [-0.2, 0) is 18.7 Å². The Morgan fingerprint density at radius 3 is 2.29 bits per heavy atom. The molecule has 0 aliphatic rings. The van der Waals surface area contributed by atoms with Crippen molar-refractivity contribution in [2.45, 2.75) is 13.0 Å². The highest BCUT2D eigenvalue weighted by atomic mass is 31.2. The highest BCUT2D eigenvalue weighted by molar-refractivity contribution is 7.46. The first-order valence-corrected chi connectivity index (χ1v) is 4.95. The van der Waals surface area contributed by atoms with E-state index in [2.05, 4.69) is 4.52 Å². The fourth-order valence-electron chi connectivity index (χ4n) is 0.592. The van der Waals surface area contributed by atoms with Crippen molar-refractivity contribution in [3.8, 4) is 0 Å². The highest BCUT2D eigenvalue weighted by Gasteiger charge is 2.23. The molecule has 0 aromatic rings. The van der Waals surface area contributed by atoms with Crippen LogP contribution in [0, 0.1) is 0 Å². The first kappa shape index (κ1) is 13.1. The lowest BCUT2D eigenvalue weighted by atomic mass is 10.3. The quantitative estimate of drug-likeness (QED) is 0.428. The van der Waals surface area contributed by atoms with Gasteiger partial charge in [-0.15, -0.1) is 0 Å². The van der Waals surface area contributed by atoms with E-state index in [4.69, 9.17) is 14.9 Å². The third-order valence-electron chi connectivity index (χ3n) is 1.08. The normalized spacial score (nSPS) is 13.4. The van der Waals surface area contributed by atoms with Gasteiger partial charge in [-0.25, -0.2) is 9.36 Å². The first-order chi connectivity index (χ1) is 6.22. The molecule has 0 spiro atoms. The molecule has 0 fully saturated rings. The van der Waals surface area contributed by atoms with Gasteiger partial charge >= 0.3 is 13.8 Å². The van der Waals surface area contributed by atoms with E-state index in [1.54, 1.807) is 0 Å². The van der Waals surface area contributed by atoms with Crippen molar-refractivity contribution in [3.05, 3.63) is 0 Å². The van der Waals surface area contributed by atoms with Crippen molar-refractivity contribution in [3.63, 3.8) is 0 Å². The lowest BCUT2D eigenvalue weighted by Crippen LogP contribution is -2.42. The summed E-state index contributed by atoms with van der Waals surface area (Å²) in [6.45, 7) is 0.284. The van der Waals surface area contributed by atoms with Gasteiger partial charge in [-0.2, -0.15) is 0 Å². The van der Waals surface area contributed by atoms with Crippen LogP contribution in [0.1, 0.15) is 6.92 Å². The summed E-state index contributed by atoms with van der Waals surface area (Å²) in [4.78, 5) is 37.4. The summed E-state index contributed by atoms with van der Waals surface area (Å²) in [5.74, 6) is -2.07. The zero-order chi connectivity index (χ0) is 11.4. The minimum absolute atomic E-state index is 0.633. The van der Waals surface area contributed by atoms with E-state index < -0.39 is 32.3 Å². The lowest BCUT2D eigenvalue weighted by molar-refractivity contribution is -0.142.